The zero-order valence-corrected chi connectivity index (χ0v) is 10.5. The van der Waals surface area contributed by atoms with Crippen LogP contribution in [0.5, 0.6) is 0 Å². The number of pyridine rings is 1. The second-order valence-corrected chi connectivity index (χ2v) is 3.97. The SMILES string of the molecule is C/C=C/C(=C\S)c1ccc2nccc(N)c2c1. The molecule has 0 saturated heterocycles. The lowest BCUT2D eigenvalue weighted by atomic mass is 10.0. The summed E-state index contributed by atoms with van der Waals surface area (Å²) >= 11 is 4.22. The topological polar surface area (TPSA) is 38.9 Å². The van der Waals surface area contributed by atoms with Crippen molar-refractivity contribution in [3.8, 4) is 0 Å². The molecule has 3 heteroatoms. The highest BCUT2D eigenvalue weighted by molar-refractivity contribution is 7.83. The molecule has 0 atom stereocenters. The van der Waals surface area contributed by atoms with Crippen LogP contribution in [0.3, 0.4) is 0 Å². The lowest BCUT2D eigenvalue weighted by Gasteiger charge is -2.05. The number of hydrogen-bond donors (Lipinski definition) is 2. The van der Waals surface area contributed by atoms with Crippen molar-refractivity contribution < 1.29 is 0 Å². The molecule has 0 aliphatic rings. The van der Waals surface area contributed by atoms with E-state index in [-0.39, 0.29) is 0 Å². The van der Waals surface area contributed by atoms with Gasteiger partial charge < -0.3 is 5.73 Å². The highest BCUT2D eigenvalue weighted by atomic mass is 32.1. The molecule has 0 radical (unpaired) electrons. The largest absolute Gasteiger partial charge is 0.398 e. The van der Waals surface area contributed by atoms with E-state index in [4.69, 9.17) is 5.73 Å². The molecule has 86 valence electrons. The van der Waals surface area contributed by atoms with Crippen LogP contribution in [0.1, 0.15) is 12.5 Å². The van der Waals surface area contributed by atoms with Crippen molar-refractivity contribution in [2.24, 2.45) is 0 Å². The monoisotopic (exact) mass is 242 g/mol. The van der Waals surface area contributed by atoms with Crippen molar-refractivity contribution >= 4 is 34.8 Å². The molecule has 17 heavy (non-hydrogen) atoms. The summed E-state index contributed by atoms with van der Waals surface area (Å²) in [5, 5.41) is 2.76. The first-order valence-corrected chi connectivity index (χ1v) is 5.89. The highest BCUT2D eigenvalue weighted by Gasteiger charge is 2.02. The van der Waals surface area contributed by atoms with E-state index in [0.29, 0.717) is 0 Å². The smallest absolute Gasteiger partial charge is 0.0723 e. The summed E-state index contributed by atoms with van der Waals surface area (Å²) in [6, 6.07) is 7.85. The van der Waals surface area contributed by atoms with E-state index in [2.05, 4.69) is 17.6 Å². The van der Waals surface area contributed by atoms with E-state index in [1.165, 1.54) is 0 Å². The van der Waals surface area contributed by atoms with Gasteiger partial charge in [0.15, 0.2) is 0 Å². The lowest BCUT2D eigenvalue weighted by molar-refractivity contribution is 1.41. The summed E-state index contributed by atoms with van der Waals surface area (Å²) in [6.45, 7) is 1.98. The highest BCUT2D eigenvalue weighted by Crippen LogP contribution is 2.25. The number of thiol groups is 1. The molecule has 0 spiro atoms. The molecule has 1 aromatic carbocycles. The minimum absolute atomic E-state index is 0.746. The van der Waals surface area contributed by atoms with Gasteiger partial charge in [0.05, 0.1) is 5.52 Å². The first kappa shape index (κ1) is 11.7. The van der Waals surface area contributed by atoms with Gasteiger partial charge in [-0.1, -0.05) is 18.2 Å². The van der Waals surface area contributed by atoms with Gasteiger partial charge in [-0.25, -0.2) is 0 Å². The molecule has 0 bridgehead atoms. The maximum Gasteiger partial charge on any atom is 0.0723 e. The van der Waals surface area contributed by atoms with Gasteiger partial charge in [-0.05, 0) is 41.7 Å². The van der Waals surface area contributed by atoms with Crippen LogP contribution in [0.4, 0.5) is 5.69 Å². The van der Waals surface area contributed by atoms with E-state index >= 15 is 0 Å². The van der Waals surface area contributed by atoms with Crippen LogP contribution in [0.2, 0.25) is 0 Å². The summed E-state index contributed by atoms with van der Waals surface area (Å²) in [5.41, 5.74) is 9.74. The Balaban J connectivity index is 2.62. The molecule has 1 heterocycles. The Labute approximate surface area is 106 Å². The molecule has 2 N–H and O–H groups in total. The van der Waals surface area contributed by atoms with Gasteiger partial charge in [-0.15, -0.1) is 0 Å². The van der Waals surface area contributed by atoms with Crippen molar-refractivity contribution in [2.75, 3.05) is 5.73 Å². The molecular weight excluding hydrogens is 228 g/mol. The van der Waals surface area contributed by atoms with Gasteiger partial charge in [-0.3, -0.25) is 4.98 Å². The van der Waals surface area contributed by atoms with Gasteiger partial charge >= 0.3 is 0 Å². The first-order chi connectivity index (χ1) is 8.26. The van der Waals surface area contributed by atoms with Crippen molar-refractivity contribution in [2.45, 2.75) is 6.92 Å². The Morgan fingerprint density at radius 2 is 2.18 bits per heavy atom. The fourth-order valence-electron chi connectivity index (χ4n) is 1.74. The molecule has 0 fully saturated rings. The zero-order valence-electron chi connectivity index (χ0n) is 9.59. The van der Waals surface area contributed by atoms with Crippen molar-refractivity contribution in [1.82, 2.24) is 4.98 Å². The number of anilines is 1. The number of fused-ring (bicyclic) bond motifs is 1. The Bertz CT molecular complexity index is 600. The van der Waals surface area contributed by atoms with E-state index in [9.17, 15) is 0 Å². The summed E-state index contributed by atoms with van der Waals surface area (Å²) in [6.07, 6.45) is 5.72. The standard InChI is InChI=1S/C14H14N2S/c1-2-3-11(9-17)10-4-5-14-12(8-10)13(15)6-7-16-14/h2-9,17H,1H3,(H2,15,16)/b3-2+,11-9+. The number of aromatic nitrogens is 1. The van der Waals surface area contributed by atoms with Crippen LogP contribution in [0, 0.1) is 0 Å². The normalized spacial score (nSPS) is 12.5. The average Bonchev–Trinajstić information content (AvgIpc) is 2.36. The molecule has 0 aliphatic carbocycles. The van der Waals surface area contributed by atoms with E-state index < -0.39 is 0 Å². The Kier molecular flexibility index (Phi) is 3.49. The Morgan fingerprint density at radius 1 is 1.35 bits per heavy atom. The van der Waals surface area contributed by atoms with Crippen molar-refractivity contribution in [3.63, 3.8) is 0 Å². The van der Waals surface area contributed by atoms with E-state index in [1.54, 1.807) is 11.6 Å². The van der Waals surface area contributed by atoms with Gasteiger partial charge in [0.2, 0.25) is 0 Å². The molecule has 1 aromatic heterocycles. The molecule has 2 nitrogen and oxygen atoms in total. The van der Waals surface area contributed by atoms with Gasteiger partial charge in [0.25, 0.3) is 0 Å². The third kappa shape index (κ3) is 2.34. The predicted molar refractivity (Wildman–Crippen MR) is 77.9 cm³/mol. The van der Waals surface area contributed by atoms with Crippen LogP contribution < -0.4 is 5.73 Å². The number of nitrogens with zero attached hydrogens (tertiary/aromatic N) is 1. The number of benzene rings is 1. The number of rotatable bonds is 2. The third-order valence-corrected chi connectivity index (χ3v) is 2.87. The third-order valence-electron chi connectivity index (χ3n) is 2.59. The fourth-order valence-corrected chi connectivity index (χ4v) is 1.98. The zero-order chi connectivity index (χ0) is 12.3. The number of nitrogens with two attached hydrogens (primary N) is 1. The quantitative estimate of drug-likeness (QED) is 0.623. The van der Waals surface area contributed by atoms with Gasteiger partial charge in [-0.2, -0.15) is 12.6 Å². The number of nitrogen functional groups attached to an aromatic ring is 1. The van der Waals surface area contributed by atoms with E-state index in [1.807, 2.05) is 43.3 Å². The average molecular weight is 242 g/mol. The molecular formula is C14H14N2S. The predicted octanol–water partition coefficient (Wildman–Crippen LogP) is 3.66. The molecule has 0 unspecified atom stereocenters. The molecule has 0 aliphatic heterocycles. The second kappa shape index (κ2) is 5.06. The van der Waals surface area contributed by atoms with Crippen LogP contribution >= 0.6 is 12.6 Å². The molecule has 2 aromatic rings. The van der Waals surface area contributed by atoms with E-state index in [0.717, 1.165) is 27.7 Å². The fraction of sp³-hybridized carbons (Fsp3) is 0.0714. The maximum absolute atomic E-state index is 5.94. The summed E-state index contributed by atoms with van der Waals surface area (Å²) in [7, 11) is 0. The van der Waals surface area contributed by atoms with Crippen LogP contribution in [0.15, 0.2) is 48.0 Å². The Hall–Kier alpha value is -1.74. The number of hydrogen-bond acceptors (Lipinski definition) is 3. The minimum Gasteiger partial charge on any atom is -0.398 e. The lowest BCUT2D eigenvalue weighted by Crippen LogP contribution is -1.90. The van der Waals surface area contributed by atoms with Crippen LogP contribution in [0.25, 0.3) is 16.5 Å². The molecule has 2 rings (SSSR count). The summed E-state index contributed by atoms with van der Waals surface area (Å²) in [5.74, 6) is 0. The summed E-state index contributed by atoms with van der Waals surface area (Å²) in [4.78, 5) is 4.28. The van der Waals surface area contributed by atoms with Gasteiger partial charge in [0.1, 0.15) is 0 Å². The van der Waals surface area contributed by atoms with Crippen molar-refractivity contribution in [1.29, 1.82) is 0 Å². The van der Waals surface area contributed by atoms with Gasteiger partial charge in [0, 0.05) is 17.3 Å². The van der Waals surface area contributed by atoms with Crippen LogP contribution in [-0.4, -0.2) is 4.98 Å². The van der Waals surface area contributed by atoms with Crippen LogP contribution in [-0.2, 0) is 0 Å². The first-order valence-electron chi connectivity index (χ1n) is 5.38. The minimum atomic E-state index is 0.746. The maximum atomic E-state index is 5.94. The Morgan fingerprint density at radius 3 is 2.88 bits per heavy atom. The molecule has 0 saturated carbocycles. The number of allylic oxidation sites excluding steroid dienone is 3. The molecule has 0 amide bonds. The summed E-state index contributed by atoms with van der Waals surface area (Å²) < 4.78 is 0. The second-order valence-electron chi connectivity index (χ2n) is 3.72. The van der Waals surface area contributed by atoms with Crippen molar-refractivity contribution in [3.05, 3.63) is 53.6 Å².